The van der Waals surface area contributed by atoms with Gasteiger partial charge in [-0.15, -0.1) is 45.5 Å². The molecule has 0 aliphatic heterocycles. The van der Waals surface area contributed by atoms with Crippen molar-refractivity contribution in [1.82, 2.24) is 30.0 Å². The third-order valence-electron chi connectivity index (χ3n) is 5.11. The molecule has 1 aliphatic rings. The fourth-order valence-electron chi connectivity index (χ4n) is 3.78. The van der Waals surface area contributed by atoms with E-state index in [9.17, 15) is 0 Å². The molecule has 3 rings (SSSR count). The van der Waals surface area contributed by atoms with Crippen LogP contribution in [0.5, 0.6) is 0 Å². The molecule has 0 radical (unpaired) electrons. The number of aryl methyl sites for hydroxylation is 2. The average Bonchev–Trinajstić information content (AvgIpc) is 3.42. The van der Waals surface area contributed by atoms with Gasteiger partial charge in [0.2, 0.25) is 0 Å². The number of guanidine groups is 1. The fraction of sp³-hybridized carbons (Fsp3) is 0.684. The van der Waals surface area contributed by atoms with E-state index < -0.39 is 0 Å². The first-order chi connectivity index (χ1) is 13.6. The predicted molar refractivity (Wildman–Crippen MR) is 133 cm³/mol. The van der Waals surface area contributed by atoms with Crippen LogP contribution in [-0.2, 0) is 13.0 Å². The summed E-state index contributed by atoms with van der Waals surface area (Å²) in [5, 5.41) is 16.6. The van der Waals surface area contributed by atoms with Crippen molar-refractivity contribution >= 4 is 53.0 Å². The number of aromatic nitrogens is 4. The number of hydrogen-bond acceptors (Lipinski definition) is 6. The lowest BCUT2D eigenvalue weighted by atomic mass is 10.2. The van der Waals surface area contributed by atoms with Crippen LogP contribution in [0.3, 0.4) is 0 Å². The highest BCUT2D eigenvalue weighted by Crippen LogP contribution is 2.33. The minimum atomic E-state index is 0. The van der Waals surface area contributed by atoms with Crippen LogP contribution in [0.2, 0.25) is 0 Å². The second-order valence-electron chi connectivity index (χ2n) is 7.20. The Balaban J connectivity index is 0.00000300. The standard InChI is InChI=1S/C19H31N7S2.HI/c1-14-22-15(13-28-14)12-25(3)18(20-2)21-11-7-10-17-23-24-19(27-4)26(17)16-8-5-6-9-16;/h13,16H,5-12H2,1-4H3,(H,20,21);1H. The number of nitrogens with one attached hydrogen (secondary N) is 1. The molecular formula is C19H32IN7S2. The van der Waals surface area contributed by atoms with Gasteiger partial charge in [0.15, 0.2) is 11.1 Å². The number of thiazole rings is 1. The van der Waals surface area contributed by atoms with E-state index in [0.29, 0.717) is 6.04 Å². The molecule has 0 aromatic carbocycles. The highest BCUT2D eigenvalue weighted by Gasteiger charge is 2.23. The normalized spacial score (nSPS) is 14.8. The van der Waals surface area contributed by atoms with Crippen LogP contribution >= 0.6 is 47.1 Å². The quantitative estimate of drug-likeness (QED) is 0.176. The first-order valence-corrected chi connectivity index (χ1v) is 12.0. The molecule has 1 aliphatic carbocycles. The van der Waals surface area contributed by atoms with Crippen molar-refractivity contribution < 1.29 is 0 Å². The Bertz CT molecular complexity index is 783. The molecule has 0 bridgehead atoms. The van der Waals surface area contributed by atoms with E-state index in [1.54, 1.807) is 23.1 Å². The molecule has 2 aromatic heterocycles. The molecule has 2 aromatic rings. The Morgan fingerprint density at radius 2 is 2.14 bits per heavy atom. The van der Waals surface area contributed by atoms with Gasteiger partial charge in [-0.25, -0.2) is 4.98 Å². The van der Waals surface area contributed by atoms with Gasteiger partial charge in [0.1, 0.15) is 5.82 Å². The molecule has 0 saturated heterocycles. The molecule has 1 N–H and O–H groups in total. The van der Waals surface area contributed by atoms with E-state index in [1.807, 2.05) is 21.0 Å². The van der Waals surface area contributed by atoms with E-state index in [4.69, 9.17) is 0 Å². The molecule has 29 heavy (non-hydrogen) atoms. The van der Waals surface area contributed by atoms with E-state index in [-0.39, 0.29) is 24.0 Å². The fourth-order valence-corrected chi connectivity index (χ4v) is 4.95. The molecular weight excluding hydrogens is 517 g/mol. The molecule has 0 amide bonds. The van der Waals surface area contributed by atoms with Gasteiger partial charge >= 0.3 is 0 Å². The SMILES string of the molecule is CN=C(NCCCc1nnc(SC)n1C1CCCC1)N(C)Cc1csc(C)n1.I. The second-order valence-corrected chi connectivity index (χ2v) is 9.04. The van der Waals surface area contributed by atoms with Gasteiger partial charge in [0.25, 0.3) is 0 Å². The van der Waals surface area contributed by atoms with Crippen molar-refractivity contribution in [3.8, 4) is 0 Å². The van der Waals surface area contributed by atoms with Crippen LogP contribution in [0, 0.1) is 6.92 Å². The lowest BCUT2D eigenvalue weighted by Crippen LogP contribution is -2.39. The van der Waals surface area contributed by atoms with Gasteiger partial charge in [-0.2, -0.15) is 0 Å². The lowest BCUT2D eigenvalue weighted by Gasteiger charge is -2.21. The predicted octanol–water partition coefficient (Wildman–Crippen LogP) is 4.14. The van der Waals surface area contributed by atoms with E-state index in [0.717, 1.165) is 53.6 Å². The summed E-state index contributed by atoms with van der Waals surface area (Å²) >= 11 is 3.39. The minimum Gasteiger partial charge on any atom is -0.356 e. The van der Waals surface area contributed by atoms with Crippen molar-refractivity contribution in [1.29, 1.82) is 0 Å². The monoisotopic (exact) mass is 549 g/mol. The Morgan fingerprint density at radius 3 is 2.76 bits per heavy atom. The van der Waals surface area contributed by atoms with E-state index in [1.165, 1.54) is 25.7 Å². The molecule has 1 fully saturated rings. The molecule has 0 atom stereocenters. The maximum atomic E-state index is 4.54. The highest BCUT2D eigenvalue weighted by atomic mass is 127. The van der Waals surface area contributed by atoms with Crippen molar-refractivity contribution in [3.63, 3.8) is 0 Å². The van der Waals surface area contributed by atoms with Crippen molar-refractivity contribution in [2.24, 2.45) is 4.99 Å². The Labute approximate surface area is 199 Å². The molecule has 2 heterocycles. The summed E-state index contributed by atoms with van der Waals surface area (Å²) in [5.74, 6) is 2.02. The zero-order valence-corrected chi connectivity index (χ0v) is 21.7. The van der Waals surface area contributed by atoms with Gasteiger partial charge in [-0.3, -0.25) is 4.99 Å². The molecule has 7 nitrogen and oxygen atoms in total. The Hall–Kier alpha value is -0.880. The number of aliphatic imine (C=N–C) groups is 1. The van der Waals surface area contributed by atoms with Gasteiger partial charge in [0.05, 0.1) is 17.2 Å². The van der Waals surface area contributed by atoms with Crippen LogP contribution < -0.4 is 5.32 Å². The van der Waals surface area contributed by atoms with E-state index >= 15 is 0 Å². The van der Waals surface area contributed by atoms with Crippen LogP contribution in [-0.4, -0.2) is 57.5 Å². The molecule has 10 heteroatoms. The number of thioether (sulfide) groups is 1. The largest absolute Gasteiger partial charge is 0.356 e. The Kier molecular flexibility index (Phi) is 10.2. The van der Waals surface area contributed by atoms with Crippen LogP contribution in [0.25, 0.3) is 0 Å². The zero-order chi connectivity index (χ0) is 19.9. The topological polar surface area (TPSA) is 71.2 Å². The second kappa shape index (κ2) is 12.1. The lowest BCUT2D eigenvalue weighted by molar-refractivity contribution is 0.456. The van der Waals surface area contributed by atoms with E-state index in [2.05, 4.69) is 46.6 Å². The third-order valence-corrected chi connectivity index (χ3v) is 6.57. The van der Waals surface area contributed by atoms with Gasteiger partial charge in [0, 0.05) is 38.5 Å². The third kappa shape index (κ3) is 6.55. The number of halogens is 1. The number of rotatable bonds is 8. The maximum absolute atomic E-state index is 4.54. The Morgan fingerprint density at radius 1 is 1.38 bits per heavy atom. The number of hydrogen-bond donors (Lipinski definition) is 1. The van der Waals surface area contributed by atoms with Crippen LogP contribution in [0.1, 0.15) is 54.7 Å². The summed E-state index contributed by atoms with van der Waals surface area (Å²) in [6.45, 7) is 3.66. The van der Waals surface area contributed by atoms with Crippen LogP contribution in [0.15, 0.2) is 15.5 Å². The molecule has 0 spiro atoms. The summed E-state index contributed by atoms with van der Waals surface area (Å²) in [6.07, 6.45) is 9.17. The summed E-state index contributed by atoms with van der Waals surface area (Å²) in [7, 11) is 3.87. The summed E-state index contributed by atoms with van der Waals surface area (Å²) < 4.78 is 2.39. The summed E-state index contributed by atoms with van der Waals surface area (Å²) in [5.41, 5.74) is 1.09. The average molecular weight is 550 g/mol. The first-order valence-electron chi connectivity index (χ1n) is 9.93. The summed E-state index contributed by atoms with van der Waals surface area (Å²) in [6, 6.07) is 0.584. The molecule has 1 saturated carbocycles. The zero-order valence-electron chi connectivity index (χ0n) is 17.7. The van der Waals surface area contributed by atoms with Crippen molar-refractivity contribution in [2.45, 2.75) is 63.2 Å². The van der Waals surface area contributed by atoms with Crippen molar-refractivity contribution in [3.05, 3.63) is 21.9 Å². The van der Waals surface area contributed by atoms with Crippen LogP contribution in [0.4, 0.5) is 0 Å². The smallest absolute Gasteiger partial charge is 0.193 e. The van der Waals surface area contributed by atoms with Gasteiger partial charge in [-0.05, 0) is 32.4 Å². The molecule has 0 unspecified atom stereocenters. The molecule has 162 valence electrons. The summed E-state index contributed by atoms with van der Waals surface area (Å²) in [4.78, 5) is 11.1. The van der Waals surface area contributed by atoms with Gasteiger partial charge < -0.3 is 14.8 Å². The van der Waals surface area contributed by atoms with Crippen molar-refractivity contribution in [2.75, 3.05) is 26.9 Å². The number of nitrogens with zero attached hydrogens (tertiary/aromatic N) is 6. The highest BCUT2D eigenvalue weighted by molar-refractivity contribution is 14.0. The first kappa shape index (κ1) is 24.4. The maximum Gasteiger partial charge on any atom is 0.193 e. The minimum absolute atomic E-state index is 0. The van der Waals surface area contributed by atoms with Gasteiger partial charge in [-0.1, -0.05) is 24.6 Å².